The van der Waals surface area contributed by atoms with E-state index in [0.717, 1.165) is 32.1 Å². The number of unbranched alkanes of at least 4 members (excludes halogenated alkanes) is 1. The summed E-state index contributed by atoms with van der Waals surface area (Å²) in [6.07, 6.45) is 4.64. The molecular formula is C18H36N2O4. The number of ether oxygens (including phenoxy) is 3. The highest BCUT2D eigenvalue weighted by Crippen LogP contribution is 2.45. The van der Waals surface area contributed by atoms with Crippen LogP contribution in [0.1, 0.15) is 52.9 Å². The van der Waals surface area contributed by atoms with Gasteiger partial charge < -0.3 is 19.5 Å². The fourth-order valence-electron chi connectivity index (χ4n) is 3.96. The zero-order valence-corrected chi connectivity index (χ0v) is 16.1. The second-order valence-electron chi connectivity index (χ2n) is 8.08. The molecule has 1 saturated carbocycles. The van der Waals surface area contributed by atoms with E-state index in [1.165, 1.54) is 0 Å². The molecule has 1 fully saturated rings. The van der Waals surface area contributed by atoms with E-state index in [1.54, 1.807) is 14.2 Å². The fraction of sp³-hybridized carbons (Fsp3) is 0.944. The van der Waals surface area contributed by atoms with E-state index < -0.39 is 0 Å². The first kappa shape index (κ1) is 21.2. The number of methoxy groups -OCH3 is 2. The molecule has 0 radical (unpaired) electrons. The number of carbonyl (C=O) groups is 1. The van der Waals surface area contributed by atoms with E-state index in [2.05, 4.69) is 31.4 Å². The van der Waals surface area contributed by atoms with E-state index in [1.807, 2.05) is 0 Å². The molecule has 0 spiro atoms. The van der Waals surface area contributed by atoms with Crippen LogP contribution >= 0.6 is 0 Å². The first-order valence-electron chi connectivity index (χ1n) is 8.92. The Morgan fingerprint density at radius 1 is 1.08 bits per heavy atom. The highest BCUT2D eigenvalue weighted by Gasteiger charge is 2.41. The predicted octanol–water partition coefficient (Wildman–Crippen LogP) is 2.92. The summed E-state index contributed by atoms with van der Waals surface area (Å²) in [6, 6.07) is 0.408. The van der Waals surface area contributed by atoms with E-state index in [-0.39, 0.29) is 16.9 Å². The Hall–Kier alpha value is -0.850. The van der Waals surface area contributed by atoms with Gasteiger partial charge in [0.2, 0.25) is 0 Å². The topological polar surface area (TPSA) is 68.8 Å². The van der Waals surface area contributed by atoms with Crippen LogP contribution in [-0.4, -0.2) is 52.8 Å². The molecule has 0 bridgehead atoms. The maximum Gasteiger partial charge on any atom is 0.407 e. The molecule has 2 N–H and O–H groups in total. The summed E-state index contributed by atoms with van der Waals surface area (Å²) in [5, 5.41) is 6.39. The molecule has 2 unspecified atom stereocenters. The zero-order chi connectivity index (χ0) is 18.1. The molecule has 0 aromatic heterocycles. The average molecular weight is 344 g/mol. The molecule has 0 aromatic carbocycles. The van der Waals surface area contributed by atoms with Crippen molar-refractivity contribution in [2.45, 2.75) is 58.9 Å². The van der Waals surface area contributed by atoms with Gasteiger partial charge in [0, 0.05) is 33.4 Å². The predicted molar refractivity (Wildman–Crippen MR) is 95.0 cm³/mol. The molecule has 1 aliphatic rings. The van der Waals surface area contributed by atoms with Gasteiger partial charge in [-0.3, -0.25) is 5.32 Å². The monoisotopic (exact) mass is 344 g/mol. The van der Waals surface area contributed by atoms with Gasteiger partial charge >= 0.3 is 6.09 Å². The molecule has 1 aliphatic carbocycles. The Balaban J connectivity index is 2.38. The summed E-state index contributed by atoms with van der Waals surface area (Å²) < 4.78 is 15.3. The number of alkyl carbamates (subject to hydrolysis) is 1. The lowest BCUT2D eigenvalue weighted by Crippen LogP contribution is -2.49. The van der Waals surface area contributed by atoms with E-state index in [0.29, 0.717) is 32.5 Å². The van der Waals surface area contributed by atoms with Crippen molar-refractivity contribution in [3.63, 3.8) is 0 Å². The first-order chi connectivity index (χ1) is 11.3. The van der Waals surface area contributed by atoms with Gasteiger partial charge in [0.05, 0.1) is 13.3 Å². The van der Waals surface area contributed by atoms with Crippen LogP contribution in [0.5, 0.6) is 0 Å². The van der Waals surface area contributed by atoms with Crippen molar-refractivity contribution in [2.75, 3.05) is 40.7 Å². The van der Waals surface area contributed by atoms with Crippen LogP contribution in [0.2, 0.25) is 0 Å². The molecule has 1 amide bonds. The summed E-state index contributed by atoms with van der Waals surface area (Å²) >= 11 is 0. The molecule has 0 heterocycles. The maximum atomic E-state index is 11.9. The SMILES string of the molecule is COCCCCOC(=O)NCC1(C)CC(NCOC)CC(C)(C)C1. The van der Waals surface area contributed by atoms with Crippen molar-refractivity contribution in [1.29, 1.82) is 0 Å². The Morgan fingerprint density at radius 2 is 1.79 bits per heavy atom. The van der Waals surface area contributed by atoms with Gasteiger partial charge in [-0.05, 0) is 42.9 Å². The smallest absolute Gasteiger partial charge is 0.407 e. The number of amides is 1. The molecule has 0 aliphatic heterocycles. The molecule has 6 heteroatoms. The fourth-order valence-corrected chi connectivity index (χ4v) is 3.96. The van der Waals surface area contributed by atoms with E-state index in [9.17, 15) is 4.79 Å². The minimum atomic E-state index is -0.321. The molecule has 24 heavy (non-hydrogen) atoms. The third-order valence-corrected chi connectivity index (χ3v) is 4.60. The van der Waals surface area contributed by atoms with Crippen LogP contribution in [0.3, 0.4) is 0 Å². The van der Waals surface area contributed by atoms with Crippen LogP contribution in [-0.2, 0) is 14.2 Å². The van der Waals surface area contributed by atoms with Crippen molar-refractivity contribution >= 4 is 6.09 Å². The number of hydrogen-bond acceptors (Lipinski definition) is 5. The summed E-state index contributed by atoms with van der Waals surface area (Å²) in [7, 11) is 3.37. The molecule has 6 nitrogen and oxygen atoms in total. The van der Waals surface area contributed by atoms with Crippen LogP contribution in [0.4, 0.5) is 4.79 Å². The third-order valence-electron chi connectivity index (χ3n) is 4.60. The van der Waals surface area contributed by atoms with Gasteiger partial charge in [0.1, 0.15) is 0 Å². The lowest BCUT2D eigenvalue weighted by atomic mass is 9.62. The Labute approximate surface area is 147 Å². The summed E-state index contributed by atoms with van der Waals surface area (Å²) in [5.74, 6) is 0. The highest BCUT2D eigenvalue weighted by molar-refractivity contribution is 5.67. The Kier molecular flexibility index (Phi) is 9.02. The van der Waals surface area contributed by atoms with Crippen LogP contribution in [0, 0.1) is 10.8 Å². The lowest BCUT2D eigenvalue weighted by Gasteiger charge is -2.47. The molecule has 2 atom stereocenters. The quantitative estimate of drug-likeness (QED) is 0.471. The van der Waals surface area contributed by atoms with Crippen LogP contribution < -0.4 is 10.6 Å². The maximum absolute atomic E-state index is 11.9. The largest absolute Gasteiger partial charge is 0.450 e. The second-order valence-corrected chi connectivity index (χ2v) is 8.08. The third kappa shape index (κ3) is 8.31. The molecule has 0 aromatic rings. The second kappa shape index (κ2) is 10.2. The van der Waals surface area contributed by atoms with Crippen molar-refractivity contribution < 1.29 is 19.0 Å². The summed E-state index contributed by atoms with van der Waals surface area (Å²) in [5.41, 5.74) is 0.298. The van der Waals surface area contributed by atoms with Crippen molar-refractivity contribution in [3.05, 3.63) is 0 Å². The van der Waals surface area contributed by atoms with Crippen molar-refractivity contribution in [1.82, 2.24) is 10.6 Å². The van der Waals surface area contributed by atoms with Gasteiger partial charge in [-0.1, -0.05) is 20.8 Å². The van der Waals surface area contributed by atoms with Gasteiger partial charge in [-0.25, -0.2) is 4.79 Å². The Bertz CT molecular complexity index is 376. The molecular weight excluding hydrogens is 308 g/mol. The van der Waals surface area contributed by atoms with E-state index in [4.69, 9.17) is 14.2 Å². The summed E-state index contributed by atoms with van der Waals surface area (Å²) in [6.45, 7) is 9.17. The molecule has 142 valence electrons. The van der Waals surface area contributed by atoms with Crippen LogP contribution in [0.15, 0.2) is 0 Å². The van der Waals surface area contributed by atoms with E-state index >= 15 is 0 Å². The minimum Gasteiger partial charge on any atom is -0.450 e. The molecule has 0 saturated heterocycles. The van der Waals surface area contributed by atoms with Gasteiger partial charge in [0.15, 0.2) is 0 Å². The summed E-state index contributed by atoms with van der Waals surface area (Å²) in [4.78, 5) is 11.9. The lowest BCUT2D eigenvalue weighted by molar-refractivity contribution is 0.0511. The molecule has 1 rings (SSSR count). The van der Waals surface area contributed by atoms with Crippen LogP contribution in [0.25, 0.3) is 0 Å². The number of nitrogens with one attached hydrogen (secondary N) is 2. The minimum absolute atomic E-state index is 0.0578. The number of hydrogen-bond donors (Lipinski definition) is 2. The first-order valence-corrected chi connectivity index (χ1v) is 8.92. The van der Waals surface area contributed by atoms with Gasteiger partial charge in [-0.2, -0.15) is 0 Å². The average Bonchev–Trinajstić information content (AvgIpc) is 2.49. The van der Waals surface area contributed by atoms with Crippen molar-refractivity contribution in [3.8, 4) is 0 Å². The van der Waals surface area contributed by atoms with Gasteiger partial charge in [0.25, 0.3) is 0 Å². The highest BCUT2D eigenvalue weighted by atomic mass is 16.5. The standard InChI is InChI=1S/C18H36N2O4/c1-17(2)10-15(20-14-23-5)11-18(3,12-17)13-19-16(21)24-9-7-6-8-22-4/h15,20H,6-14H2,1-5H3,(H,19,21). The van der Waals surface area contributed by atoms with Crippen molar-refractivity contribution in [2.24, 2.45) is 10.8 Å². The normalized spacial score (nSPS) is 26.1. The van der Waals surface area contributed by atoms with Gasteiger partial charge in [-0.15, -0.1) is 0 Å². The Morgan fingerprint density at radius 3 is 2.46 bits per heavy atom. The number of rotatable bonds is 10. The zero-order valence-electron chi connectivity index (χ0n) is 16.1. The number of carbonyl (C=O) groups excluding carboxylic acids is 1.